The first-order chi connectivity index (χ1) is 19.0. The predicted octanol–water partition coefficient (Wildman–Crippen LogP) is 5.32. The lowest BCUT2D eigenvalue weighted by Gasteiger charge is -2.26. The summed E-state index contributed by atoms with van der Waals surface area (Å²) in [7, 11) is -4.48. The number of nitrogens with zero attached hydrogens (tertiary/aromatic N) is 5. The van der Waals surface area contributed by atoms with Crippen molar-refractivity contribution in [3.8, 4) is 11.3 Å². The minimum Gasteiger partial charge on any atom is -0.298 e. The minimum absolute atomic E-state index is 0.114. The smallest absolute Gasteiger partial charge is 0.298 e. The summed E-state index contributed by atoms with van der Waals surface area (Å²) in [5.74, 6) is -2.29. The van der Waals surface area contributed by atoms with Crippen LogP contribution in [0.1, 0.15) is 36.7 Å². The standard InChI is InChI=1S/C24H19ClF7N5O3S/c1-12-17(26)7-19(37(12)41(39,40)21-5-3-15(25)10-34-21)20(38)4-2-13-6-18(33-11-16(13)23(27,28)29)14-8-35-22(36-9-14)24(30,31)32/h3,5-6,8-12,17,19H,2,4,7H2,1H3/t12-,17+,19-/m0/s1. The van der Waals surface area contributed by atoms with Gasteiger partial charge in [-0.05, 0) is 37.1 Å². The molecule has 3 aromatic heterocycles. The molecular formula is C24H19ClF7N5O3S. The lowest BCUT2D eigenvalue weighted by Crippen LogP contribution is -2.45. The van der Waals surface area contributed by atoms with E-state index in [1.165, 1.54) is 13.0 Å². The zero-order chi connectivity index (χ0) is 30.3. The van der Waals surface area contributed by atoms with Crippen molar-refractivity contribution in [2.45, 2.75) is 61.8 Å². The van der Waals surface area contributed by atoms with Crippen molar-refractivity contribution >= 4 is 27.4 Å². The van der Waals surface area contributed by atoms with Gasteiger partial charge in [-0.15, -0.1) is 0 Å². The van der Waals surface area contributed by atoms with Crippen LogP contribution in [0.25, 0.3) is 11.3 Å². The number of aryl methyl sites for hydroxylation is 1. The summed E-state index contributed by atoms with van der Waals surface area (Å²) in [6.45, 7) is 1.26. The van der Waals surface area contributed by atoms with Crippen molar-refractivity contribution in [2.75, 3.05) is 0 Å². The molecule has 0 amide bonds. The Morgan fingerprint density at radius 1 is 1.00 bits per heavy atom. The van der Waals surface area contributed by atoms with E-state index in [9.17, 15) is 43.9 Å². The van der Waals surface area contributed by atoms with Gasteiger partial charge in [0.25, 0.3) is 10.0 Å². The van der Waals surface area contributed by atoms with Crippen LogP contribution in [0.4, 0.5) is 30.7 Å². The fourth-order valence-electron chi connectivity index (χ4n) is 4.39. The zero-order valence-corrected chi connectivity index (χ0v) is 22.4. The van der Waals surface area contributed by atoms with Gasteiger partial charge in [0.1, 0.15) is 6.17 Å². The average Bonchev–Trinajstić information content (AvgIpc) is 3.21. The van der Waals surface area contributed by atoms with E-state index in [0.29, 0.717) is 10.5 Å². The van der Waals surface area contributed by atoms with E-state index in [1.807, 2.05) is 0 Å². The van der Waals surface area contributed by atoms with Gasteiger partial charge in [-0.1, -0.05) is 11.6 Å². The molecular weight excluding hydrogens is 607 g/mol. The van der Waals surface area contributed by atoms with Crippen LogP contribution in [-0.4, -0.2) is 56.7 Å². The van der Waals surface area contributed by atoms with Gasteiger partial charge in [-0.25, -0.2) is 27.8 Å². The van der Waals surface area contributed by atoms with Gasteiger partial charge in [0, 0.05) is 43.2 Å². The Kier molecular flexibility index (Phi) is 8.40. The van der Waals surface area contributed by atoms with E-state index in [0.717, 1.165) is 30.7 Å². The summed E-state index contributed by atoms with van der Waals surface area (Å²) in [6.07, 6.45) is -10.1. The molecule has 1 saturated heterocycles. The number of aromatic nitrogens is 4. The summed E-state index contributed by atoms with van der Waals surface area (Å²) >= 11 is 5.75. The van der Waals surface area contributed by atoms with Crippen LogP contribution in [0.5, 0.6) is 0 Å². The van der Waals surface area contributed by atoms with Gasteiger partial charge in [-0.3, -0.25) is 9.78 Å². The number of carbonyl (C=O) groups excluding carboxylic acids is 1. The molecule has 1 aliphatic rings. The SMILES string of the molecule is C[C@H]1[C@H](F)C[C@@H](C(=O)CCc2cc(-c3cnc(C(F)(F)F)nc3)ncc2C(F)(F)F)N1S(=O)(=O)c1ccc(Cl)cn1. The first-order valence-electron chi connectivity index (χ1n) is 11.8. The first-order valence-corrected chi connectivity index (χ1v) is 13.6. The Balaban J connectivity index is 1.61. The average molecular weight is 626 g/mol. The van der Waals surface area contributed by atoms with Crippen LogP contribution >= 0.6 is 11.6 Å². The summed E-state index contributed by atoms with van der Waals surface area (Å²) in [5, 5.41) is -0.355. The number of Topliss-reactive ketones (excluding diaryl/α,β-unsaturated/α-hetero) is 1. The Morgan fingerprint density at radius 2 is 1.66 bits per heavy atom. The van der Waals surface area contributed by atoms with Crippen molar-refractivity contribution < 1.29 is 43.9 Å². The lowest BCUT2D eigenvalue weighted by molar-refractivity contribution is -0.145. The number of halogens is 8. The molecule has 220 valence electrons. The fourth-order valence-corrected chi connectivity index (χ4v) is 6.25. The quantitative estimate of drug-likeness (QED) is 0.328. The van der Waals surface area contributed by atoms with Gasteiger partial charge in [0.05, 0.1) is 28.4 Å². The normalized spacial score (nSPS) is 20.4. The number of carbonyl (C=O) groups is 1. The highest BCUT2D eigenvalue weighted by molar-refractivity contribution is 7.89. The van der Waals surface area contributed by atoms with Crippen molar-refractivity contribution in [2.24, 2.45) is 0 Å². The first kappa shape index (κ1) is 30.7. The third-order valence-electron chi connectivity index (χ3n) is 6.43. The van der Waals surface area contributed by atoms with Crippen LogP contribution in [0.15, 0.2) is 48.0 Å². The van der Waals surface area contributed by atoms with Crippen molar-refractivity contribution in [1.29, 1.82) is 0 Å². The van der Waals surface area contributed by atoms with E-state index in [-0.39, 0.29) is 16.3 Å². The highest BCUT2D eigenvalue weighted by Crippen LogP contribution is 2.36. The van der Waals surface area contributed by atoms with E-state index < -0.39 is 87.7 Å². The highest BCUT2D eigenvalue weighted by Gasteiger charge is 2.49. The molecule has 3 aromatic rings. The Morgan fingerprint density at radius 3 is 2.22 bits per heavy atom. The van der Waals surface area contributed by atoms with Gasteiger partial charge >= 0.3 is 12.4 Å². The summed E-state index contributed by atoms with van der Waals surface area (Å²) in [6, 6.07) is 0.485. The van der Waals surface area contributed by atoms with E-state index in [4.69, 9.17) is 11.6 Å². The van der Waals surface area contributed by atoms with Crippen LogP contribution in [0, 0.1) is 0 Å². The number of rotatable bonds is 7. The molecule has 1 fully saturated rings. The molecule has 0 radical (unpaired) electrons. The second-order valence-electron chi connectivity index (χ2n) is 9.14. The monoisotopic (exact) mass is 625 g/mol. The van der Waals surface area contributed by atoms with E-state index in [2.05, 4.69) is 19.9 Å². The maximum atomic E-state index is 14.7. The third kappa shape index (κ3) is 6.48. The van der Waals surface area contributed by atoms with Crippen molar-refractivity contribution in [1.82, 2.24) is 24.2 Å². The van der Waals surface area contributed by atoms with Crippen LogP contribution < -0.4 is 0 Å². The molecule has 0 N–H and O–H groups in total. The lowest BCUT2D eigenvalue weighted by atomic mass is 9.98. The number of hydrogen-bond acceptors (Lipinski definition) is 7. The Hall–Kier alpha value is -3.24. The molecule has 0 aromatic carbocycles. The summed E-state index contributed by atoms with van der Waals surface area (Å²) in [4.78, 5) is 26.9. The van der Waals surface area contributed by atoms with Gasteiger partial charge in [-0.2, -0.15) is 30.6 Å². The Labute approximate surface area is 233 Å². The van der Waals surface area contributed by atoms with E-state index >= 15 is 0 Å². The predicted molar refractivity (Wildman–Crippen MR) is 130 cm³/mol. The van der Waals surface area contributed by atoms with Gasteiger partial charge in [0.15, 0.2) is 10.8 Å². The maximum Gasteiger partial charge on any atom is 0.451 e. The molecule has 0 aliphatic carbocycles. The largest absolute Gasteiger partial charge is 0.451 e. The molecule has 8 nitrogen and oxygen atoms in total. The molecule has 3 atom stereocenters. The van der Waals surface area contributed by atoms with Crippen molar-refractivity contribution in [3.63, 3.8) is 0 Å². The molecule has 0 unspecified atom stereocenters. The van der Waals surface area contributed by atoms with Gasteiger partial charge in [0.2, 0.25) is 5.82 Å². The van der Waals surface area contributed by atoms with E-state index in [1.54, 1.807) is 0 Å². The van der Waals surface area contributed by atoms with Gasteiger partial charge < -0.3 is 0 Å². The van der Waals surface area contributed by atoms with Crippen LogP contribution in [0.2, 0.25) is 5.02 Å². The molecule has 41 heavy (non-hydrogen) atoms. The second kappa shape index (κ2) is 11.2. The highest BCUT2D eigenvalue weighted by atomic mass is 35.5. The minimum atomic E-state index is -4.90. The fraction of sp³-hybridized carbons (Fsp3) is 0.375. The zero-order valence-electron chi connectivity index (χ0n) is 20.8. The summed E-state index contributed by atoms with van der Waals surface area (Å²) in [5.41, 5.74) is -1.95. The Bertz CT molecular complexity index is 1540. The molecule has 0 spiro atoms. The third-order valence-corrected chi connectivity index (χ3v) is 8.57. The number of sulfonamides is 1. The number of alkyl halides is 7. The molecule has 1 aliphatic heterocycles. The number of ketones is 1. The number of pyridine rings is 2. The topological polar surface area (TPSA) is 106 Å². The molecule has 0 bridgehead atoms. The molecule has 17 heteroatoms. The molecule has 0 saturated carbocycles. The van der Waals surface area contributed by atoms with Crippen LogP contribution in [-0.2, 0) is 33.6 Å². The molecule has 4 rings (SSSR count). The molecule has 4 heterocycles. The second-order valence-corrected chi connectivity index (χ2v) is 11.4. The van der Waals surface area contributed by atoms with Crippen LogP contribution in [0.3, 0.4) is 0 Å². The van der Waals surface area contributed by atoms with Crippen molar-refractivity contribution in [3.05, 3.63) is 65.0 Å². The maximum absolute atomic E-state index is 14.7. The summed E-state index contributed by atoms with van der Waals surface area (Å²) < 4.78 is 121. The number of hydrogen-bond donors (Lipinski definition) is 0.